The summed E-state index contributed by atoms with van der Waals surface area (Å²) in [6.07, 6.45) is 0.586. The number of hydrogen-bond acceptors (Lipinski definition) is 4. The summed E-state index contributed by atoms with van der Waals surface area (Å²) in [7, 11) is 0. The van der Waals surface area contributed by atoms with Crippen LogP contribution >= 0.6 is 0 Å². The lowest BCUT2D eigenvalue weighted by atomic mass is 9.80. The Morgan fingerprint density at radius 1 is 0.964 bits per heavy atom. The lowest BCUT2D eigenvalue weighted by Crippen LogP contribution is -2.49. The van der Waals surface area contributed by atoms with Gasteiger partial charge in [0.2, 0.25) is 0 Å². The molecule has 2 aromatic rings. The number of fused-ring (bicyclic) bond motifs is 1. The van der Waals surface area contributed by atoms with Gasteiger partial charge in [0.15, 0.2) is 0 Å². The molecule has 0 bridgehead atoms. The van der Waals surface area contributed by atoms with Crippen molar-refractivity contribution in [2.24, 2.45) is 5.92 Å². The van der Waals surface area contributed by atoms with E-state index >= 15 is 0 Å². The molecule has 2 aromatic carbocycles. The number of alkyl carbamates (subject to hydrolysis) is 1. The van der Waals surface area contributed by atoms with Crippen LogP contribution in [0.5, 0.6) is 0 Å². The summed E-state index contributed by atoms with van der Waals surface area (Å²) >= 11 is 0. The summed E-state index contributed by atoms with van der Waals surface area (Å²) < 4.78 is 10.9. The predicted molar refractivity (Wildman–Crippen MR) is 107 cm³/mol. The Kier molecular flexibility index (Phi) is 6.02. The topological polar surface area (TPSA) is 64.6 Å². The maximum Gasteiger partial charge on any atom is 0.407 e. The number of ether oxygens (including phenoxy) is 2. The maximum absolute atomic E-state index is 12.8. The molecule has 0 spiro atoms. The first-order valence-electron chi connectivity index (χ1n) is 9.59. The number of benzene rings is 2. The van der Waals surface area contributed by atoms with Crippen molar-refractivity contribution >= 4 is 12.1 Å². The molecule has 148 valence electrons. The smallest absolute Gasteiger partial charge is 0.407 e. The number of esters is 1. The van der Waals surface area contributed by atoms with Crippen LogP contribution in [-0.4, -0.2) is 23.7 Å². The molecule has 3 rings (SSSR count). The molecule has 0 aliphatic heterocycles. The zero-order valence-corrected chi connectivity index (χ0v) is 16.6. The van der Waals surface area contributed by atoms with Gasteiger partial charge in [-0.2, -0.15) is 0 Å². The number of nitrogens with one attached hydrogen (secondary N) is 1. The molecule has 5 heteroatoms. The summed E-state index contributed by atoms with van der Waals surface area (Å²) in [6.45, 7) is 5.66. The van der Waals surface area contributed by atoms with Crippen molar-refractivity contribution in [2.75, 3.05) is 0 Å². The molecule has 1 aliphatic rings. The zero-order chi connectivity index (χ0) is 20.1. The molecular formula is C23H27NO4. The molecule has 0 heterocycles. The third-order valence-corrected chi connectivity index (χ3v) is 4.71. The summed E-state index contributed by atoms with van der Waals surface area (Å²) in [4.78, 5) is 25.1. The summed E-state index contributed by atoms with van der Waals surface area (Å²) in [5.41, 5.74) is 2.59. The molecule has 0 saturated heterocycles. The highest BCUT2D eigenvalue weighted by Crippen LogP contribution is 2.27. The van der Waals surface area contributed by atoms with Crippen molar-refractivity contribution in [3.63, 3.8) is 0 Å². The first kappa shape index (κ1) is 19.9. The quantitative estimate of drug-likeness (QED) is 0.812. The SMILES string of the molecule is CC(C)(C)OC(=O)N[C@@H]1Cc2ccccc2C[C@H]1C(=O)OCc1ccccc1. The van der Waals surface area contributed by atoms with Crippen LogP contribution < -0.4 is 5.32 Å². The average molecular weight is 381 g/mol. The Labute approximate surface area is 166 Å². The van der Waals surface area contributed by atoms with Gasteiger partial charge in [-0.05, 0) is 50.3 Å². The van der Waals surface area contributed by atoms with E-state index in [1.807, 2.05) is 75.4 Å². The fraction of sp³-hybridized carbons (Fsp3) is 0.391. The van der Waals surface area contributed by atoms with Gasteiger partial charge in [-0.3, -0.25) is 4.79 Å². The molecule has 28 heavy (non-hydrogen) atoms. The Bertz CT molecular complexity index is 826. The van der Waals surface area contributed by atoms with Crippen LogP contribution in [0.4, 0.5) is 4.79 Å². The van der Waals surface area contributed by atoms with Crippen LogP contribution in [0, 0.1) is 5.92 Å². The summed E-state index contributed by atoms with van der Waals surface area (Å²) in [6, 6.07) is 17.2. The van der Waals surface area contributed by atoms with Crippen molar-refractivity contribution in [1.82, 2.24) is 5.32 Å². The highest BCUT2D eigenvalue weighted by atomic mass is 16.6. The highest BCUT2D eigenvalue weighted by Gasteiger charge is 2.36. The molecule has 2 atom stereocenters. The Morgan fingerprint density at radius 3 is 2.21 bits per heavy atom. The second-order valence-electron chi connectivity index (χ2n) is 8.13. The van der Waals surface area contributed by atoms with E-state index in [0.29, 0.717) is 12.8 Å². The van der Waals surface area contributed by atoms with Gasteiger partial charge in [0.1, 0.15) is 12.2 Å². The Morgan fingerprint density at radius 2 is 1.57 bits per heavy atom. The van der Waals surface area contributed by atoms with Crippen molar-refractivity contribution in [2.45, 2.75) is 51.9 Å². The van der Waals surface area contributed by atoms with Crippen molar-refractivity contribution in [3.8, 4) is 0 Å². The molecule has 0 radical (unpaired) electrons. The number of carbonyl (C=O) groups is 2. The molecule has 5 nitrogen and oxygen atoms in total. The molecule has 0 fully saturated rings. The van der Waals surface area contributed by atoms with Gasteiger partial charge >= 0.3 is 12.1 Å². The van der Waals surface area contributed by atoms with Crippen molar-refractivity contribution < 1.29 is 19.1 Å². The molecule has 0 aromatic heterocycles. The van der Waals surface area contributed by atoms with Gasteiger partial charge in [-0.1, -0.05) is 54.6 Å². The maximum atomic E-state index is 12.8. The van der Waals surface area contributed by atoms with E-state index in [2.05, 4.69) is 5.32 Å². The lowest BCUT2D eigenvalue weighted by Gasteiger charge is -2.33. The fourth-order valence-electron chi connectivity index (χ4n) is 3.41. The normalized spacial score (nSPS) is 18.7. The Hall–Kier alpha value is -2.82. The van der Waals surface area contributed by atoms with Gasteiger partial charge < -0.3 is 14.8 Å². The summed E-state index contributed by atoms with van der Waals surface area (Å²) in [5, 5.41) is 2.88. The Balaban J connectivity index is 1.72. The van der Waals surface area contributed by atoms with Crippen LogP contribution in [0.1, 0.15) is 37.5 Å². The average Bonchev–Trinajstić information content (AvgIpc) is 2.65. The summed E-state index contributed by atoms with van der Waals surface area (Å²) in [5.74, 6) is -0.759. The first-order chi connectivity index (χ1) is 13.3. The van der Waals surface area contributed by atoms with E-state index in [1.165, 1.54) is 0 Å². The molecule has 0 unspecified atom stereocenters. The number of amides is 1. The minimum absolute atomic E-state index is 0.219. The van der Waals surface area contributed by atoms with E-state index in [1.54, 1.807) is 0 Å². The molecule has 1 N–H and O–H groups in total. The largest absolute Gasteiger partial charge is 0.461 e. The number of carbonyl (C=O) groups excluding carboxylic acids is 2. The third kappa shape index (κ3) is 5.35. The standard InChI is InChI=1S/C23H27NO4/c1-23(2,3)28-22(26)24-20-14-18-12-8-7-11-17(18)13-19(20)21(25)27-15-16-9-5-4-6-10-16/h4-12,19-20H,13-15H2,1-3H3,(H,24,26)/t19-,20-/m1/s1. The van der Waals surface area contributed by atoms with E-state index in [0.717, 1.165) is 16.7 Å². The van der Waals surface area contributed by atoms with E-state index in [4.69, 9.17) is 9.47 Å². The van der Waals surface area contributed by atoms with Gasteiger partial charge in [0, 0.05) is 6.04 Å². The van der Waals surface area contributed by atoms with Crippen LogP contribution in [0.25, 0.3) is 0 Å². The molecule has 1 amide bonds. The highest BCUT2D eigenvalue weighted by molar-refractivity contribution is 5.76. The second kappa shape index (κ2) is 8.46. The third-order valence-electron chi connectivity index (χ3n) is 4.71. The minimum Gasteiger partial charge on any atom is -0.461 e. The number of rotatable bonds is 4. The van der Waals surface area contributed by atoms with E-state index in [-0.39, 0.29) is 18.6 Å². The zero-order valence-electron chi connectivity index (χ0n) is 16.6. The van der Waals surface area contributed by atoms with Gasteiger partial charge in [0.25, 0.3) is 0 Å². The van der Waals surface area contributed by atoms with Crippen molar-refractivity contribution in [1.29, 1.82) is 0 Å². The van der Waals surface area contributed by atoms with Gasteiger partial charge in [0.05, 0.1) is 5.92 Å². The monoisotopic (exact) mass is 381 g/mol. The lowest BCUT2D eigenvalue weighted by molar-refractivity contribution is -0.151. The van der Waals surface area contributed by atoms with Crippen molar-refractivity contribution in [3.05, 3.63) is 71.3 Å². The van der Waals surface area contributed by atoms with Crippen LogP contribution in [0.2, 0.25) is 0 Å². The van der Waals surface area contributed by atoms with E-state index < -0.39 is 17.6 Å². The predicted octanol–water partition coefficient (Wildman–Crippen LogP) is 4.04. The van der Waals surface area contributed by atoms with Gasteiger partial charge in [-0.15, -0.1) is 0 Å². The van der Waals surface area contributed by atoms with Crippen LogP contribution in [0.3, 0.4) is 0 Å². The molecular weight excluding hydrogens is 354 g/mol. The van der Waals surface area contributed by atoms with Gasteiger partial charge in [-0.25, -0.2) is 4.79 Å². The second-order valence-corrected chi connectivity index (χ2v) is 8.13. The van der Waals surface area contributed by atoms with Crippen LogP contribution in [-0.2, 0) is 33.7 Å². The molecule has 1 aliphatic carbocycles. The minimum atomic E-state index is -0.597. The first-order valence-corrected chi connectivity index (χ1v) is 9.59. The van der Waals surface area contributed by atoms with E-state index in [9.17, 15) is 9.59 Å². The fourth-order valence-corrected chi connectivity index (χ4v) is 3.41. The van der Waals surface area contributed by atoms with Crippen LogP contribution in [0.15, 0.2) is 54.6 Å². The number of hydrogen-bond donors (Lipinski definition) is 1. The molecule has 0 saturated carbocycles.